The molecule has 0 radical (unpaired) electrons. The number of nitrogens with zero attached hydrogens (tertiary/aromatic N) is 1. The molecule has 2 N–H and O–H groups in total. The van der Waals surface area contributed by atoms with Crippen LogP contribution in [0, 0.1) is 0 Å². The van der Waals surface area contributed by atoms with Gasteiger partial charge in [-0.1, -0.05) is 60.3 Å². The van der Waals surface area contributed by atoms with Crippen LogP contribution < -0.4 is 10.3 Å². The molecule has 0 saturated heterocycles. The van der Waals surface area contributed by atoms with E-state index >= 15 is 0 Å². The molecule has 27 heavy (non-hydrogen) atoms. The maximum absolute atomic E-state index is 12.2. The number of fused-ring (bicyclic) bond motifs is 1. The average Bonchev–Trinajstić information content (AvgIpc) is 3.11. The van der Waals surface area contributed by atoms with E-state index < -0.39 is 0 Å². The molecule has 0 aliphatic heterocycles. The molecule has 0 unspecified atom stereocenters. The Labute approximate surface area is 160 Å². The van der Waals surface area contributed by atoms with Crippen molar-refractivity contribution < 1.29 is 4.74 Å². The normalized spacial score (nSPS) is 11.0. The Kier molecular flexibility index (Phi) is 4.98. The van der Waals surface area contributed by atoms with Gasteiger partial charge in [0.1, 0.15) is 23.4 Å². The molecule has 0 atom stereocenters. The van der Waals surface area contributed by atoms with E-state index in [-0.39, 0.29) is 5.56 Å². The van der Waals surface area contributed by atoms with Gasteiger partial charge in [0.05, 0.1) is 0 Å². The Morgan fingerprint density at radius 1 is 1.04 bits per heavy atom. The van der Waals surface area contributed by atoms with Gasteiger partial charge in [-0.2, -0.15) is 0 Å². The molecular weight excluding hydrogens is 358 g/mol. The fraction of sp³-hybridized carbons (Fsp3) is 0.143. The summed E-state index contributed by atoms with van der Waals surface area (Å²) in [6.45, 7) is 0.514. The van der Waals surface area contributed by atoms with Gasteiger partial charge in [0.25, 0.3) is 5.56 Å². The van der Waals surface area contributed by atoms with E-state index in [0.717, 1.165) is 22.4 Å². The molecule has 4 rings (SSSR count). The fourth-order valence-electron chi connectivity index (χ4n) is 3.01. The lowest BCUT2D eigenvalue weighted by atomic mass is 10.1. The minimum atomic E-state index is -0.149. The number of benzene rings is 2. The third-order valence-corrected chi connectivity index (χ3v) is 4.96. The van der Waals surface area contributed by atoms with Crippen molar-refractivity contribution in [3.8, 4) is 5.75 Å². The number of aromatic nitrogens is 3. The zero-order valence-corrected chi connectivity index (χ0v) is 15.7. The monoisotopic (exact) mass is 377 g/mol. The third-order valence-electron chi connectivity index (χ3n) is 4.38. The highest BCUT2D eigenvalue weighted by Gasteiger charge is 2.13. The summed E-state index contributed by atoms with van der Waals surface area (Å²) in [6, 6.07) is 18.1. The van der Waals surface area contributed by atoms with Gasteiger partial charge in [-0.3, -0.25) is 9.78 Å². The standard InChI is InChI=1S/C21H19N3O2S/c1-27-21-23-18-16(12-22-19(18)20(25)24-21)11-15-9-5-6-10-17(15)26-13-14-7-3-2-4-8-14/h2-10,12,22H,11,13H2,1H3,(H,23,24,25). The van der Waals surface area contributed by atoms with Crippen LogP contribution in [0.1, 0.15) is 16.7 Å². The van der Waals surface area contributed by atoms with E-state index in [9.17, 15) is 4.79 Å². The number of H-pyrrole nitrogens is 2. The Morgan fingerprint density at radius 2 is 1.81 bits per heavy atom. The lowest BCUT2D eigenvalue weighted by Gasteiger charge is -2.11. The van der Waals surface area contributed by atoms with E-state index in [1.807, 2.05) is 67.0 Å². The van der Waals surface area contributed by atoms with E-state index in [1.54, 1.807) is 0 Å². The second-order valence-corrected chi connectivity index (χ2v) is 6.97. The van der Waals surface area contributed by atoms with Crippen LogP contribution in [0.25, 0.3) is 11.0 Å². The first-order valence-corrected chi connectivity index (χ1v) is 9.86. The van der Waals surface area contributed by atoms with Crippen LogP contribution in [0.2, 0.25) is 0 Å². The summed E-state index contributed by atoms with van der Waals surface area (Å²) in [7, 11) is 0. The Morgan fingerprint density at radius 3 is 2.63 bits per heavy atom. The lowest BCUT2D eigenvalue weighted by Crippen LogP contribution is -2.09. The molecule has 0 spiro atoms. The summed E-state index contributed by atoms with van der Waals surface area (Å²) < 4.78 is 6.05. The molecule has 6 heteroatoms. The van der Waals surface area contributed by atoms with Crippen molar-refractivity contribution in [2.45, 2.75) is 18.2 Å². The quantitative estimate of drug-likeness (QED) is 0.391. The Balaban J connectivity index is 1.63. The highest BCUT2D eigenvalue weighted by atomic mass is 32.2. The topological polar surface area (TPSA) is 70.8 Å². The smallest absolute Gasteiger partial charge is 0.275 e. The van der Waals surface area contributed by atoms with E-state index in [2.05, 4.69) is 15.0 Å². The second-order valence-electron chi connectivity index (χ2n) is 6.17. The van der Waals surface area contributed by atoms with Crippen LogP contribution in [-0.2, 0) is 13.0 Å². The molecule has 0 bridgehead atoms. The Bertz CT molecular complexity index is 1120. The van der Waals surface area contributed by atoms with Gasteiger partial charge < -0.3 is 9.72 Å². The van der Waals surface area contributed by atoms with Crippen LogP contribution in [0.5, 0.6) is 5.75 Å². The lowest BCUT2D eigenvalue weighted by molar-refractivity contribution is 0.303. The van der Waals surface area contributed by atoms with Crippen molar-refractivity contribution in [1.82, 2.24) is 15.0 Å². The molecular formula is C21H19N3O2S. The summed E-state index contributed by atoms with van der Waals surface area (Å²) in [4.78, 5) is 22.6. The largest absolute Gasteiger partial charge is 0.489 e. The summed E-state index contributed by atoms with van der Waals surface area (Å²) in [6.07, 6.45) is 4.38. The zero-order valence-electron chi connectivity index (χ0n) is 14.9. The SMILES string of the molecule is CSc1nc2c(Cc3ccccc3OCc3ccccc3)c[nH]c2c(=O)[nH]1. The first kappa shape index (κ1) is 17.4. The number of hydrogen-bond acceptors (Lipinski definition) is 4. The number of nitrogens with one attached hydrogen (secondary N) is 2. The molecule has 5 nitrogen and oxygen atoms in total. The highest BCUT2D eigenvalue weighted by Crippen LogP contribution is 2.25. The summed E-state index contributed by atoms with van der Waals surface area (Å²) in [5, 5.41) is 0.613. The van der Waals surface area contributed by atoms with Gasteiger partial charge in [-0.05, 0) is 23.4 Å². The van der Waals surface area contributed by atoms with Crippen LogP contribution in [0.3, 0.4) is 0 Å². The molecule has 2 heterocycles. The van der Waals surface area contributed by atoms with Crippen molar-refractivity contribution in [1.29, 1.82) is 0 Å². The molecule has 4 aromatic rings. The second kappa shape index (κ2) is 7.72. The Hall–Kier alpha value is -2.99. The van der Waals surface area contributed by atoms with Gasteiger partial charge in [-0.25, -0.2) is 4.98 Å². The van der Waals surface area contributed by atoms with Crippen LogP contribution >= 0.6 is 11.8 Å². The fourth-order valence-corrected chi connectivity index (χ4v) is 3.39. The van der Waals surface area contributed by atoms with Gasteiger partial charge in [-0.15, -0.1) is 0 Å². The molecule has 0 saturated carbocycles. The zero-order chi connectivity index (χ0) is 18.6. The summed E-state index contributed by atoms with van der Waals surface area (Å²) in [5.74, 6) is 0.839. The number of thioether (sulfide) groups is 1. The van der Waals surface area contributed by atoms with Crippen LogP contribution in [-0.4, -0.2) is 21.2 Å². The van der Waals surface area contributed by atoms with Gasteiger partial charge >= 0.3 is 0 Å². The summed E-state index contributed by atoms with van der Waals surface area (Å²) >= 11 is 1.42. The van der Waals surface area contributed by atoms with E-state index in [0.29, 0.717) is 29.2 Å². The molecule has 2 aromatic heterocycles. The molecule has 136 valence electrons. The number of rotatable bonds is 6. The van der Waals surface area contributed by atoms with Crippen molar-refractivity contribution in [3.63, 3.8) is 0 Å². The maximum Gasteiger partial charge on any atom is 0.275 e. The van der Waals surface area contributed by atoms with Crippen molar-refractivity contribution in [2.24, 2.45) is 0 Å². The van der Waals surface area contributed by atoms with Crippen molar-refractivity contribution in [3.05, 3.63) is 87.8 Å². The predicted octanol–water partition coefficient (Wildman–Crippen LogP) is 4.14. The van der Waals surface area contributed by atoms with Gasteiger partial charge in [0.2, 0.25) is 0 Å². The predicted molar refractivity (Wildman–Crippen MR) is 109 cm³/mol. The van der Waals surface area contributed by atoms with Crippen LogP contribution in [0.4, 0.5) is 0 Å². The summed E-state index contributed by atoms with van der Waals surface area (Å²) in [5.41, 5.74) is 4.22. The maximum atomic E-state index is 12.2. The minimum absolute atomic E-state index is 0.149. The molecule has 0 aliphatic rings. The van der Waals surface area contributed by atoms with E-state index in [1.165, 1.54) is 11.8 Å². The minimum Gasteiger partial charge on any atom is -0.489 e. The van der Waals surface area contributed by atoms with Crippen molar-refractivity contribution >= 4 is 22.8 Å². The van der Waals surface area contributed by atoms with Gasteiger partial charge in [0, 0.05) is 18.2 Å². The third kappa shape index (κ3) is 3.75. The number of ether oxygens (including phenoxy) is 1. The number of hydrogen-bond donors (Lipinski definition) is 2. The first-order chi connectivity index (χ1) is 13.2. The first-order valence-electron chi connectivity index (χ1n) is 8.63. The molecule has 2 aromatic carbocycles. The molecule has 0 amide bonds. The molecule has 0 fully saturated rings. The van der Waals surface area contributed by atoms with Crippen LogP contribution in [0.15, 0.2) is 70.7 Å². The highest BCUT2D eigenvalue weighted by molar-refractivity contribution is 7.98. The molecule has 0 aliphatic carbocycles. The number of para-hydroxylation sites is 1. The number of aromatic amines is 2. The average molecular weight is 377 g/mol. The van der Waals surface area contributed by atoms with Crippen molar-refractivity contribution in [2.75, 3.05) is 6.26 Å². The van der Waals surface area contributed by atoms with Gasteiger partial charge in [0.15, 0.2) is 5.16 Å². The van der Waals surface area contributed by atoms with E-state index in [4.69, 9.17) is 4.74 Å².